The third-order valence-electron chi connectivity index (χ3n) is 4.50. The van der Waals surface area contributed by atoms with Gasteiger partial charge in [-0.3, -0.25) is 9.59 Å². The van der Waals surface area contributed by atoms with Crippen LogP contribution in [0.2, 0.25) is 0 Å². The predicted molar refractivity (Wildman–Crippen MR) is 100 cm³/mol. The molecule has 0 aliphatic rings. The Balaban J connectivity index is 2.10. The number of fused-ring (bicyclic) bond motifs is 1. The summed E-state index contributed by atoms with van der Waals surface area (Å²) in [5.41, 5.74) is 4.06. The predicted octanol–water partition coefficient (Wildman–Crippen LogP) is 3.59. The topological polar surface area (TPSA) is 64.0 Å². The Kier molecular flexibility index (Phi) is 4.40. The van der Waals surface area contributed by atoms with Crippen molar-refractivity contribution in [3.05, 3.63) is 69.1 Å². The van der Waals surface area contributed by atoms with E-state index in [0.717, 1.165) is 22.5 Å². The van der Waals surface area contributed by atoms with Gasteiger partial charge in [0.15, 0.2) is 0 Å². The molecule has 0 aliphatic carbocycles. The first-order valence-electron chi connectivity index (χ1n) is 8.30. The van der Waals surface area contributed by atoms with Gasteiger partial charge in [-0.05, 0) is 57.0 Å². The maximum atomic E-state index is 12.8. The van der Waals surface area contributed by atoms with Crippen molar-refractivity contribution in [3.63, 3.8) is 0 Å². The lowest BCUT2D eigenvalue weighted by Gasteiger charge is -2.13. The van der Waals surface area contributed by atoms with Crippen LogP contribution < -0.4 is 10.7 Å². The second kappa shape index (κ2) is 6.51. The van der Waals surface area contributed by atoms with E-state index < -0.39 is 5.91 Å². The lowest BCUT2D eigenvalue weighted by molar-refractivity contribution is 0.102. The quantitative estimate of drug-likeness (QED) is 0.795. The second-order valence-electron chi connectivity index (χ2n) is 6.18. The second-order valence-corrected chi connectivity index (χ2v) is 6.18. The van der Waals surface area contributed by atoms with Crippen molar-refractivity contribution in [1.29, 1.82) is 0 Å². The van der Waals surface area contributed by atoms with Crippen molar-refractivity contribution < 1.29 is 4.79 Å². The summed E-state index contributed by atoms with van der Waals surface area (Å²) in [5, 5.41) is 3.32. The van der Waals surface area contributed by atoms with E-state index >= 15 is 0 Å². The van der Waals surface area contributed by atoms with Crippen LogP contribution in [0.25, 0.3) is 11.0 Å². The van der Waals surface area contributed by atoms with E-state index in [4.69, 9.17) is 0 Å². The van der Waals surface area contributed by atoms with Crippen molar-refractivity contribution in [2.75, 3.05) is 5.32 Å². The molecule has 0 saturated carbocycles. The van der Waals surface area contributed by atoms with Gasteiger partial charge in [0.05, 0.1) is 5.39 Å². The van der Waals surface area contributed by atoms with Gasteiger partial charge in [-0.1, -0.05) is 12.1 Å². The highest BCUT2D eigenvalue weighted by molar-refractivity contribution is 6.06. The summed E-state index contributed by atoms with van der Waals surface area (Å²) in [7, 11) is 0. The van der Waals surface area contributed by atoms with Gasteiger partial charge in [0.1, 0.15) is 11.2 Å². The maximum absolute atomic E-state index is 12.8. The van der Waals surface area contributed by atoms with E-state index in [2.05, 4.69) is 10.3 Å². The first kappa shape index (κ1) is 16.9. The molecule has 1 N–H and O–H groups in total. The van der Waals surface area contributed by atoms with Crippen LogP contribution in [0.4, 0.5) is 5.69 Å². The molecule has 25 heavy (non-hydrogen) atoms. The first-order chi connectivity index (χ1) is 11.9. The minimum atomic E-state index is -0.400. The highest BCUT2D eigenvalue weighted by atomic mass is 16.2. The van der Waals surface area contributed by atoms with E-state index in [1.165, 1.54) is 0 Å². The van der Waals surface area contributed by atoms with E-state index in [1.807, 2.05) is 50.5 Å². The van der Waals surface area contributed by atoms with E-state index in [1.54, 1.807) is 18.3 Å². The molecule has 2 heterocycles. The van der Waals surface area contributed by atoms with E-state index in [9.17, 15) is 9.59 Å². The van der Waals surface area contributed by atoms with Gasteiger partial charge in [-0.25, -0.2) is 4.98 Å². The number of carbonyl (C=O) groups is 1. The number of hydrogen-bond donors (Lipinski definition) is 1. The van der Waals surface area contributed by atoms with Crippen LogP contribution in [0.3, 0.4) is 0 Å². The molecular weight excluding hydrogens is 314 g/mol. The normalized spacial score (nSPS) is 10.9. The average molecular weight is 335 g/mol. The molecule has 0 bridgehead atoms. The SMILES string of the molecule is CCn1cc(C(=O)Nc2cccc(C)c2C)c(=O)c2ccc(C)nc21. The lowest BCUT2D eigenvalue weighted by atomic mass is 10.1. The van der Waals surface area contributed by atoms with E-state index in [0.29, 0.717) is 17.6 Å². The van der Waals surface area contributed by atoms with Gasteiger partial charge < -0.3 is 9.88 Å². The fraction of sp³-hybridized carbons (Fsp3) is 0.250. The van der Waals surface area contributed by atoms with Crippen LogP contribution in [0.5, 0.6) is 0 Å². The Morgan fingerprint density at radius 3 is 2.64 bits per heavy atom. The molecule has 0 saturated heterocycles. The molecular formula is C20H21N3O2. The minimum absolute atomic E-state index is 0.126. The summed E-state index contributed by atoms with van der Waals surface area (Å²) in [6.07, 6.45) is 1.59. The largest absolute Gasteiger partial charge is 0.332 e. The zero-order valence-electron chi connectivity index (χ0n) is 14.9. The fourth-order valence-electron chi connectivity index (χ4n) is 2.84. The molecule has 0 atom stereocenters. The number of carbonyl (C=O) groups excluding carboxylic acids is 1. The van der Waals surface area contributed by atoms with Crippen molar-refractivity contribution in [2.24, 2.45) is 0 Å². The number of pyridine rings is 2. The molecule has 0 aliphatic heterocycles. The summed E-state index contributed by atoms with van der Waals surface area (Å²) in [5.74, 6) is -0.400. The van der Waals surface area contributed by atoms with Crippen LogP contribution in [-0.2, 0) is 6.54 Å². The number of anilines is 1. The molecule has 0 radical (unpaired) electrons. The van der Waals surface area contributed by atoms with Crippen molar-refractivity contribution in [2.45, 2.75) is 34.2 Å². The Hall–Kier alpha value is -2.95. The van der Waals surface area contributed by atoms with Crippen molar-refractivity contribution >= 4 is 22.6 Å². The molecule has 2 aromatic heterocycles. The fourth-order valence-corrected chi connectivity index (χ4v) is 2.84. The molecule has 0 spiro atoms. The summed E-state index contributed by atoms with van der Waals surface area (Å²) in [6, 6.07) is 9.23. The van der Waals surface area contributed by atoms with Crippen molar-refractivity contribution in [3.8, 4) is 0 Å². The number of rotatable bonds is 3. The van der Waals surface area contributed by atoms with Crippen LogP contribution in [0, 0.1) is 20.8 Å². The Bertz CT molecular complexity index is 1040. The molecule has 5 nitrogen and oxygen atoms in total. The number of nitrogens with one attached hydrogen (secondary N) is 1. The highest BCUT2D eigenvalue weighted by Gasteiger charge is 2.17. The first-order valence-corrected chi connectivity index (χ1v) is 8.30. The Morgan fingerprint density at radius 1 is 1.16 bits per heavy atom. The third-order valence-corrected chi connectivity index (χ3v) is 4.50. The van der Waals surface area contributed by atoms with Crippen LogP contribution in [-0.4, -0.2) is 15.5 Å². The molecule has 0 unspecified atom stereocenters. The van der Waals surface area contributed by atoms with Gasteiger partial charge in [-0.2, -0.15) is 0 Å². The van der Waals surface area contributed by atoms with E-state index in [-0.39, 0.29) is 11.0 Å². The van der Waals surface area contributed by atoms with Crippen LogP contribution >= 0.6 is 0 Å². The molecule has 128 valence electrons. The zero-order chi connectivity index (χ0) is 18.1. The summed E-state index contributed by atoms with van der Waals surface area (Å²) in [4.78, 5) is 30.0. The number of aromatic nitrogens is 2. The molecule has 1 aromatic carbocycles. The number of aryl methyl sites for hydroxylation is 3. The number of nitrogens with zero attached hydrogens (tertiary/aromatic N) is 2. The minimum Gasteiger partial charge on any atom is -0.332 e. The highest BCUT2D eigenvalue weighted by Crippen LogP contribution is 2.19. The monoisotopic (exact) mass is 335 g/mol. The molecule has 3 aromatic rings. The molecule has 1 amide bonds. The van der Waals surface area contributed by atoms with Crippen molar-refractivity contribution in [1.82, 2.24) is 9.55 Å². The number of hydrogen-bond acceptors (Lipinski definition) is 3. The number of benzene rings is 1. The molecule has 5 heteroatoms. The van der Waals surface area contributed by atoms with Gasteiger partial charge in [-0.15, -0.1) is 0 Å². The van der Waals surface area contributed by atoms with Gasteiger partial charge in [0.25, 0.3) is 5.91 Å². The van der Waals surface area contributed by atoms with Gasteiger partial charge in [0, 0.05) is 24.1 Å². The zero-order valence-corrected chi connectivity index (χ0v) is 14.9. The molecule has 3 rings (SSSR count). The summed E-state index contributed by atoms with van der Waals surface area (Å²) in [6.45, 7) is 8.39. The van der Waals surface area contributed by atoms with Crippen LogP contribution in [0.1, 0.15) is 34.1 Å². The van der Waals surface area contributed by atoms with Gasteiger partial charge >= 0.3 is 0 Å². The third kappa shape index (κ3) is 3.05. The van der Waals surface area contributed by atoms with Gasteiger partial charge in [0.2, 0.25) is 5.43 Å². The smallest absolute Gasteiger partial charge is 0.261 e. The Labute approximate surface area is 146 Å². The summed E-state index contributed by atoms with van der Waals surface area (Å²) >= 11 is 0. The summed E-state index contributed by atoms with van der Waals surface area (Å²) < 4.78 is 1.84. The average Bonchev–Trinajstić information content (AvgIpc) is 2.59. The number of amides is 1. The lowest BCUT2D eigenvalue weighted by Crippen LogP contribution is -2.24. The Morgan fingerprint density at radius 2 is 1.92 bits per heavy atom. The van der Waals surface area contributed by atoms with Crippen LogP contribution in [0.15, 0.2) is 41.3 Å². The maximum Gasteiger partial charge on any atom is 0.261 e. The molecule has 0 fully saturated rings. The standard InChI is InChI=1S/C20H21N3O2/c1-5-23-11-16(18(24)15-10-9-13(3)21-19(15)23)20(25)22-17-8-6-7-12(2)14(17)4/h6-11H,5H2,1-4H3,(H,22,25).